The molecule has 7 heteroatoms. The third kappa shape index (κ3) is 9.18. The van der Waals surface area contributed by atoms with Crippen molar-refractivity contribution in [3.05, 3.63) is 35.4 Å². The molecular weight excluding hydrogens is 433 g/mol. The zero-order valence-electron chi connectivity index (χ0n) is 15.4. The van der Waals surface area contributed by atoms with E-state index in [1.54, 1.807) is 0 Å². The minimum Gasteiger partial charge on any atom is -0.394 e. The summed E-state index contributed by atoms with van der Waals surface area (Å²) in [7, 11) is 0. The smallest absolute Gasteiger partial charge is 0.222 e. The van der Waals surface area contributed by atoms with Gasteiger partial charge in [-0.2, -0.15) is 0 Å². The topological polar surface area (TPSA) is 63.2 Å². The number of oxime groups is 1. The third-order valence-electron chi connectivity index (χ3n) is 3.33. The van der Waals surface area contributed by atoms with E-state index < -0.39 is 0 Å². The lowest BCUT2D eigenvalue weighted by atomic mass is 10.1. The second kappa shape index (κ2) is 12.2. The Morgan fingerprint density at radius 2 is 1.96 bits per heavy atom. The number of nitrogens with one attached hydrogen (secondary N) is 1. The van der Waals surface area contributed by atoms with Crippen molar-refractivity contribution in [2.75, 3.05) is 19.8 Å². The summed E-state index contributed by atoms with van der Waals surface area (Å²) < 4.78 is 1.81. The summed E-state index contributed by atoms with van der Waals surface area (Å²) in [6.07, 6.45) is 0.995. The van der Waals surface area contributed by atoms with Crippen LogP contribution in [0.5, 0.6) is 0 Å². The molecule has 0 saturated heterocycles. The number of carbonyl (C=O) groups is 1. The van der Waals surface area contributed by atoms with E-state index in [4.69, 9.17) is 9.68 Å². The summed E-state index contributed by atoms with van der Waals surface area (Å²) >= 11 is 2.16. The first-order valence-corrected chi connectivity index (χ1v) is 9.50. The van der Waals surface area contributed by atoms with Crippen LogP contribution in [-0.4, -0.2) is 34.7 Å². The highest BCUT2D eigenvalue weighted by Crippen LogP contribution is 2.12. The van der Waals surface area contributed by atoms with Gasteiger partial charge in [-0.1, -0.05) is 50.2 Å². The van der Waals surface area contributed by atoms with Gasteiger partial charge in [0.15, 0.2) is 0 Å². The van der Waals surface area contributed by atoms with Gasteiger partial charge in [0.25, 0.3) is 0 Å². The number of hydrogen-bond donors (Lipinski definition) is 1. The number of hydroxylamine groups is 1. The van der Waals surface area contributed by atoms with Crippen LogP contribution in [0, 0.1) is 5.92 Å². The molecule has 0 aliphatic carbocycles. The van der Waals surface area contributed by atoms with Crippen LogP contribution in [0.15, 0.2) is 29.4 Å². The maximum Gasteiger partial charge on any atom is 0.222 e. The average molecular weight is 461 g/mol. The Morgan fingerprint density at radius 3 is 2.56 bits per heavy atom. The fourth-order valence-corrected chi connectivity index (χ4v) is 2.44. The average Bonchev–Trinajstić information content (AvgIpc) is 2.59. The summed E-state index contributed by atoms with van der Waals surface area (Å²) in [6, 6.07) is 8.14. The molecule has 0 spiro atoms. The second-order valence-corrected chi connectivity index (χ2v) is 7.04. The number of halogens is 1. The summed E-state index contributed by atoms with van der Waals surface area (Å²) in [6.45, 7) is 9.95. The maximum atomic E-state index is 11.4. The molecule has 0 saturated carbocycles. The van der Waals surface area contributed by atoms with E-state index in [0.717, 1.165) is 30.8 Å². The van der Waals surface area contributed by atoms with Crippen molar-refractivity contribution >= 4 is 34.5 Å². The summed E-state index contributed by atoms with van der Waals surface area (Å²) in [5, 5.41) is 6.88. The van der Waals surface area contributed by atoms with Crippen LogP contribution in [-0.2, 0) is 21.0 Å². The molecule has 0 fully saturated rings. The number of nitrogens with zero attached hydrogens (tertiary/aromatic N) is 2. The Balaban J connectivity index is 2.40. The number of hydrogen-bond acceptors (Lipinski definition) is 5. The monoisotopic (exact) mass is 461 g/mol. The molecule has 0 bridgehead atoms. The van der Waals surface area contributed by atoms with Gasteiger partial charge in [0, 0.05) is 28.8 Å². The Labute approximate surface area is 164 Å². The molecule has 0 heterocycles. The number of rotatable bonds is 11. The largest absolute Gasteiger partial charge is 0.394 e. The first-order valence-electron chi connectivity index (χ1n) is 8.53. The Morgan fingerprint density at radius 1 is 1.28 bits per heavy atom. The van der Waals surface area contributed by atoms with E-state index >= 15 is 0 Å². The van der Waals surface area contributed by atoms with Gasteiger partial charge in [-0.15, -0.1) is 3.28 Å². The van der Waals surface area contributed by atoms with Crippen LogP contribution in [0.2, 0.25) is 0 Å². The van der Waals surface area contributed by atoms with Crippen molar-refractivity contribution in [2.45, 2.75) is 40.7 Å². The number of carbonyl (C=O) groups excluding carboxylic acids is 1. The Hall–Kier alpha value is -1.19. The molecule has 1 N–H and O–H groups in total. The molecule has 140 valence electrons. The lowest BCUT2D eigenvalue weighted by molar-refractivity contribution is -0.124. The molecule has 0 atom stereocenters. The van der Waals surface area contributed by atoms with E-state index in [9.17, 15) is 4.79 Å². The molecule has 0 aliphatic heterocycles. The molecule has 0 radical (unpaired) electrons. The summed E-state index contributed by atoms with van der Waals surface area (Å²) in [5.41, 5.74) is 2.97. The van der Waals surface area contributed by atoms with Gasteiger partial charge >= 0.3 is 0 Å². The minimum absolute atomic E-state index is 0.0189. The van der Waals surface area contributed by atoms with Gasteiger partial charge in [0.1, 0.15) is 6.61 Å². The van der Waals surface area contributed by atoms with Crippen molar-refractivity contribution in [2.24, 2.45) is 11.1 Å². The van der Waals surface area contributed by atoms with Crippen molar-refractivity contribution in [1.29, 1.82) is 0 Å². The van der Waals surface area contributed by atoms with Gasteiger partial charge in [0.05, 0.1) is 25.4 Å². The highest BCUT2D eigenvalue weighted by Gasteiger charge is 2.05. The normalized spacial score (nSPS) is 11.9. The molecular formula is C18H28IN3O3. The first kappa shape index (κ1) is 21.9. The molecule has 1 amide bonds. The molecule has 1 aromatic carbocycles. The zero-order valence-corrected chi connectivity index (χ0v) is 17.6. The van der Waals surface area contributed by atoms with Crippen LogP contribution < -0.4 is 5.32 Å². The molecule has 0 aromatic heterocycles. The predicted molar refractivity (Wildman–Crippen MR) is 108 cm³/mol. The molecule has 0 aliphatic rings. The quantitative estimate of drug-likeness (QED) is 0.180. The van der Waals surface area contributed by atoms with Gasteiger partial charge in [-0.3, -0.25) is 9.63 Å². The molecule has 25 heavy (non-hydrogen) atoms. The van der Waals surface area contributed by atoms with Crippen molar-refractivity contribution in [3.8, 4) is 0 Å². The minimum atomic E-state index is -0.0189. The summed E-state index contributed by atoms with van der Waals surface area (Å²) in [5.74, 6) is 0.00158. The maximum absolute atomic E-state index is 11.4. The second-order valence-electron chi connectivity index (χ2n) is 5.96. The van der Waals surface area contributed by atoms with Crippen molar-refractivity contribution < 1.29 is 14.5 Å². The standard InChI is InChI=1S/C18H28IN3O3/c1-5-11-25-22(19)13-16-6-8-17(9-7-16)15(4)21-24-12-10-20-18(23)14(2)3/h6-9,14H,5,10-13H2,1-4H3,(H,20,23)/b21-15+. The van der Waals surface area contributed by atoms with Gasteiger partial charge in [-0.05, 0) is 24.5 Å². The van der Waals surface area contributed by atoms with E-state index in [2.05, 4.69) is 52.4 Å². The fraction of sp³-hybridized carbons (Fsp3) is 0.556. The van der Waals surface area contributed by atoms with Crippen molar-refractivity contribution in [3.63, 3.8) is 0 Å². The SMILES string of the molecule is CCCON(I)Cc1ccc(/C(C)=N/OCCNC(=O)C(C)C)cc1. The van der Waals surface area contributed by atoms with E-state index in [1.807, 2.05) is 36.2 Å². The lowest BCUT2D eigenvalue weighted by Gasteiger charge is -2.13. The van der Waals surface area contributed by atoms with Crippen molar-refractivity contribution in [1.82, 2.24) is 8.59 Å². The number of amides is 1. The zero-order chi connectivity index (χ0) is 18.7. The van der Waals surface area contributed by atoms with Gasteiger partial charge in [0.2, 0.25) is 5.91 Å². The highest BCUT2D eigenvalue weighted by molar-refractivity contribution is 14.1. The molecule has 1 aromatic rings. The lowest BCUT2D eigenvalue weighted by Crippen LogP contribution is -2.30. The Kier molecular flexibility index (Phi) is 10.7. The van der Waals surface area contributed by atoms with Gasteiger partial charge in [-0.25, -0.2) is 0 Å². The van der Waals surface area contributed by atoms with E-state index in [0.29, 0.717) is 13.2 Å². The van der Waals surface area contributed by atoms with Crippen LogP contribution in [0.25, 0.3) is 0 Å². The highest BCUT2D eigenvalue weighted by atomic mass is 127. The van der Waals surface area contributed by atoms with Crippen LogP contribution in [0.3, 0.4) is 0 Å². The third-order valence-corrected chi connectivity index (χ3v) is 3.95. The van der Waals surface area contributed by atoms with Gasteiger partial charge < -0.3 is 10.2 Å². The van der Waals surface area contributed by atoms with Crippen LogP contribution >= 0.6 is 22.9 Å². The van der Waals surface area contributed by atoms with E-state index in [1.165, 1.54) is 5.56 Å². The number of benzene rings is 1. The Bertz CT molecular complexity index is 547. The molecule has 1 rings (SSSR count). The molecule has 0 unspecified atom stereocenters. The first-order chi connectivity index (χ1) is 11.9. The predicted octanol–water partition coefficient (Wildman–Crippen LogP) is 3.69. The van der Waals surface area contributed by atoms with Crippen LogP contribution in [0.1, 0.15) is 45.2 Å². The fourth-order valence-electron chi connectivity index (χ4n) is 1.85. The summed E-state index contributed by atoms with van der Waals surface area (Å²) in [4.78, 5) is 22.2. The molecule has 6 nitrogen and oxygen atoms in total. The van der Waals surface area contributed by atoms with E-state index in [-0.39, 0.29) is 11.8 Å². The van der Waals surface area contributed by atoms with Crippen LogP contribution in [0.4, 0.5) is 0 Å².